The highest BCUT2D eigenvalue weighted by atomic mass is 16.6. The number of hydrogen-bond acceptors (Lipinski definition) is 6. The summed E-state index contributed by atoms with van der Waals surface area (Å²) in [6, 6.07) is 0. The number of esters is 3. The highest BCUT2D eigenvalue weighted by Crippen LogP contribution is 2.14. The lowest BCUT2D eigenvalue weighted by molar-refractivity contribution is -0.167. The van der Waals surface area contributed by atoms with Gasteiger partial charge in [0.2, 0.25) is 0 Å². The van der Waals surface area contributed by atoms with Gasteiger partial charge in [-0.3, -0.25) is 14.4 Å². The molecule has 0 N–H and O–H groups in total. The van der Waals surface area contributed by atoms with Crippen LogP contribution in [0.2, 0.25) is 0 Å². The first kappa shape index (κ1) is 54.1. The number of carbonyl (C=O) groups excluding carboxylic acids is 3. The summed E-state index contributed by atoms with van der Waals surface area (Å²) in [5.41, 5.74) is 0. The number of ether oxygens (including phenoxy) is 3. The van der Waals surface area contributed by atoms with E-state index in [0.29, 0.717) is 19.3 Å². The monoisotopic (exact) mass is 797 g/mol. The van der Waals surface area contributed by atoms with Crippen molar-refractivity contribution >= 4 is 17.9 Å². The van der Waals surface area contributed by atoms with Crippen molar-refractivity contribution in [3.63, 3.8) is 0 Å². The van der Waals surface area contributed by atoms with E-state index >= 15 is 0 Å². The summed E-state index contributed by atoms with van der Waals surface area (Å²) in [5, 5.41) is 0. The molecular formula is C51H88O6. The molecule has 0 amide bonds. The fourth-order valence-corrected chi connectivity index (χ4v) is 6.43. The summed E-state index contributed by atoms with van der Waals surface area (Å²) in [6.07, 6.45) is 54.8. The molecule has 6 heteroatoms. The minimum Gasteiger partial charge on any atom is -0.462 e. The smallest absolute Gasteiger partial charge is 0.306 e. The van der Waals surface area contributed by atoms with Crippen LogP contribution in [-0.2, 0) is 28.6 Å². The maximum absolute atomic E-state index is 12.7. The van der Waals surface area contributed by atoms with Gasteiger partial charge in [0, 0.05) is 19.3 Å². The second-order valence-corrected chi connectivity index (χ2v) is 15.6. The standard InChI is InChI=1S/C51H88O6/c1-4-7-10-13-16-19-22-24-25-26-27-30-32-35-38-41-44-50(53)56-47-48(46-55-49(52)43-40-37-34-31-28-21-18-15-12-9-6-3)57-51(54)45-42-39-36-33-29-23-20-17-14-11-8-5-2/h7,10,16-17,19-20,24-25,27,30,48H,4-6,8-9,11-15,18,21-23,26,28-29,31-47H2,1-3H3/b10-7-,19-16-,20-17-,25-24-,30-27-. The van der Waals surface area contributed by atoms with Crippen LogP contribution in [0.25, 0.3) is 0 Å². The third kappa shape index (κ3) is 44.1. The third-order valence-electron chi connectivity index (χ3n) is 10.0. The summed E-state index contributed by atoms with van der Waals surface area (Å²) in [7, 11) is 0. The van der Waals surface area contributed by atoms with Crippen LogP contribution in [0.4, 0.5) is 0 Å². The van der Waals surface area contributed by atoms with Gasteiger partial charge >= 0.3 is 17.9 Å². The van der Waals surface area contributed by atoms with Gasteiger partial charge in [0.15, 0.2) is 6.10 Å². The molecule has 0 aliphatic rings. The minimum absolute atomic E-state index is 0.0866. The first-order valence-corrected chi connectivity index (χ1v) is 23.8. The predicted molar refractivity (Wildman–Crippen MR) is 242 cm³/mol. The molecule has 0 aromatic carbocycles. The van der Waals surface area contributed by atoms with Gasteiger partial charge in [0.1, 0.15) is 13.2 Å². The van der Waals surface area contributed by atoms with Crippen LogP contribution in [0.5, 0.6) is 0 Å². The van der Waals surface area contributed by atoms with E-state index in [-0.39, 0.29) is 31.1 Å². The quantitative estimate of drug-likeness (QED) is 0.0265. The molecule has 0 fully saturated rings. The molecule has 57 heavy (non-hydrogen) atoms. The number of unbranched alkanes of at least 4 members (excludes halogenated alkanes) is 21. The largest absolute Gasteiger partial charge is 0.462 e. The Morgan fingerprint density at radius 1 is 0.368 bits per heavy atom. The van der Waals surface area contributed by atoms with Crippen molar-refractivity contribution in [1.82, 2.24) is 0 Å². The van der Waals surface area contributed by atoms with E-state index in [9.17, 15) is 14.4 Å². The fourth-order valence-electron chi connectivity index (χ4n) is 6.43. The lowest BCUT2D eigenvalue weighted by Gasteiger charge is -2.18. The Labute approximate surface area is 351 Å². The zero-order valence-electron chi connectivity index (χ0n) is 37.3. The molecule has 0 aromatic rings. The van der Waals surface area contributed by atoms with E-state index in [4.69, 9.17) is 14.2 Å². The predicted octanol–water partition coefficient (Wildman–Crippen LogP) is 15.3. The fraction of sp³-hybridized carbons (Fsp3) is 0.745. The van der Waals surface area contributed by atoms with E-state index in [1.54, 1.807) is 0 Å². The van der Waals surface area contributed by atoms with Gasteiger partial charge in [-0.2, -0.15) is 0 Å². The van der Waals surface area contributed by atoms with Crippen LogP contribution in [0.1, 0.15) is 226 Å². The molecule has 0 rings (SSSR count). The number of rotatable bonds is 42. The van der Waals surface area contributed by atoms with E-state index in [2.05, 4.69) is 81.5 Å². The highest BCUT2D eigenvalue weighted by Gasteiger charge is 2.19. The Kier molecular flexibility index (Phi) is 43.5. The molecule has 1 atom stereocenters. The van der Waals surface area contributed by atoms with Gasteiger partial charge in [-0.05, 0) is 83.5 Å². The van der Waals surface area contributed by atoms with Crippen molar-refractivity contribution < 1.29 is 28.6 Å². The number of carbonyl (C=O) groups is 3. The third-order valence-corrected chi connectivity index (χ3v) is 10.0. The SMILES string of the molecule is CC/C=C\C/C=C\C/C=C\C/C=C\CCCCCC(=O)OCC(COC(=O)CCCCCCCCCCCCC)OC(=O)CCCCCCC/C=C\CCCCC. The summed E-state index contributed by atoms with van der Waals surface area (Å²) in [4.78, 5) is 37.8. The summed E-state index contributed by atoms with van der Waals surface area (Å²) in [5.74, 6) is -0.930. The minimum atomic E-state index is -0.787. The molecule has 1 unspecified atom stereocenters. The number of allylic oxidation sites excluding steroid dienone is 10. The molecule has 328 valence electrons. The first-order chi connectivity index (χ1) is 28.0. The molecule has 0 spiro atoms. The van der Waals surface area contributed by atoms with Gasteiger partial charge in [0.05, 0.1) is 0 Å². The Balaban J connectivity index is 4.43. The normalized spacial score (nSPS) is 12.5. The van der Waals surface area contributed by atoms with Crippen LogP contribution in [0.3, 0.4) is 0 Å². The maximum Gasteiger partial charge on any atom is 0.306 e. The van der Waals surface area contributed by atoms with Gasteiger partial charge in [-0.15, -0.1) is 0 Å². The van der Waals surface area contributed by atoms with E-state index in [1.165, 1.54) is 83.5 Å². The van der Waals surface area contributed by atoms with Crippen LogP contribution in [-0.4, -0.2) is 37.2 Å². The van der Waals surface area contributed by atoms with Crippen molar-refractivity contribution in [3.05, 3.63) is 60.8 Å². The van der Waals surface area contributed by atoms with E-state index < -0.39 is 6.10 Å². The van der Waals surface area contributed by atoms with E-state index in [0.717, 1.165) is 103 Å². The topological polar surface area (TPSA) is 78.9 Å². The molecule has 0 saturated carbocycles. The Morgan fingerprint density at radius 2 is 0.684 bits per heavy atom. The summed E-state index contributed by atoms with van der Waals surface area (Å²) in [6.45, 7) is 6.45. The second-order valence-electron chi connectivity index (χ2n) is 15.6. The molecule has 0 radical (unpaired) electrons. The van der Waals surface area contributed by atoms with Gasteiger partial charge in [-0.25, -0.2) is 0 Å². The lowest BCUT2D eigenvalue weighted by atomic mass is 10.1. The lowest BCUT2D eigenvalue weighted by Crippen LogP contribution is -2.30. The van der Waals surface area contributed by atoms with Crippen molar-refractivity contribution in [1.29, 1.82) is 0 Å². The maximum atomic E-state index is 12.7. The molecule has 0 saturated heterocycles. The Hall–Kier alpha value is -2.89. The molecule has 0 aromatic heterocycles. The zero-order valence-corrected chi connectivity index (χ0v) is 37.3. The van der Waals surface area contributed by atoms with Crippen LogP contribution in [0.15, 0.2) is 60.8 Å². The van der Waals surface area contributed by atoms with Crippen LogP contribution in [0, 0.1) is 0 Å². The van der Waals surface area contributed by atoms with Gasteiger partial charge < -0.3 is 14.2 Å². The molecule has 0 bridgehead atoms. The van der Waals surface area contributed by atoms with Gasteiger partial charge in [-0.1, -0.05) is 184 Å². The molecule has 0 aliphatic carbocycles. The number of hydrogen-bond donors (Lipinski definition) is 0. The molecular weight excluding hydrogens is 709 g/mol. The first-order valence-electron chi connectivity index (χ1n) is 23.8. The average Bonchev–Trinajstić information content (AvgIpc) is 3.21. The molecule has 0 heterocycles. The van der Waals surface area contributed by atoms with E-state index in [1.807, 2.05) is 0 Å². The van der Waals surface area contributed by atoms with Crippen molar-refractivity contribution in [2.24, 2.45) is 0 Å². The molecule has 6 nitrogen and oxygen atoms in total. The molecule has 0 aliphatic heterocycles. The highest BCUT2D eigenvalue weighted by molar-refractivity contribution is 5.71. The summed E-state index contributed by atoms with van der Waals surface area (Å²) < 4.78 is 16.7. The van der Waals surface area contributed by atoms with Crippen molar-refractivity contribution in [2.45, 2.75) is 232 Å². The van der Waals surface area contributed by atoms with Crippen LogP contribution >= 0.6 is 0 Å². The zero-order chi connectivity index (χ0) is 41.5. The summed E-state index contributed by atoms with van der Waals surface area (Å²) >= 11 is 0. The van der Waals surface area contributed by atoms with Crippen LogP contribution < -0.4 is 0 Å². The Morgan fingerprint density at radius 3 is 1.14 bits per heavy atom. The van der Waals surface area contributed by atoms with Crippen molar-refractivity contribution in [2.75, 3.05) is 13.2 Å². The second kappa shape index (κ2) is 45.8. The average molecular weight is 797 g/mol. The Bertz CT molecular complexity index is 1050. The van der Waals surface area contributed by atoms with Crippen molar-refractivity contribution in [3.8, 4) is 0 Å². The van der Waals surface area contributed by atoms with Gasteiger partial charge in [0.25, 0.3) is 0 Å².